The molecule has 2 fully saturated rings. The SMILES string of the molecule is CC(C)(C)OC(=O)N1CC[C@H](c2ccoc2)[C@@H](OCC2CCCCC2)C1. The van der Waals surface area contributed by atoms with E-state index in [1.807, 2.05) is 33.1 Å². The lowest BCUT2D eigenvalue weighted by molar-refractivity contribution is -0.0424. The van der Waals surface area contributed by atoms with E-state index in [4.69, 9.17) is 13.9 Å². The van der Waals surface area contributed by atoms with Crippen LogP contribution >= 0.6 is 0 Å². The molecule has 2 atom stereocenters. The Morgan fingerprint density at radius 3 is 2.65 bits per heavy atom. The van der Waals surface area contributed by atoms with Crippen molar-refractivity contribution in [1.82, 2.24) is 4.90 Å². The number of carbonyl (C=O) groups excluding carboxylic acids is 1. The van der Waals surface area contributed by atoms with Crippen LogP contribution in [0.3, 0.4) is 0 Å². The van der Waals surface area contributed by atoms with Crippen molar-refractivity contribution in [2.45, 2.75) is 76.9 Å². The Hall–Kier alpha value is -1.49. The van der Waals surface area contributed by atoms with Crippen molar-refractivity contribution in [2.75, 3.05) is 19.7 Å². The van der Waals surface area contributed by atoms with Gasteiger partial charge in [-0.2, -0.15) is 0 Å². The summed E-state index contributed by atoms with van der Waals surface area (Å²) in [6.45, 7) is 7.77. The zero-order valence-corrected chi connectivity index (χ0v) is 16.4. The normalized spacial score (nSPS) is 25.3. The Kier molecular flexibility index (Phi) is 6.28. The van der Waals surface area contributed by atoms with Crippen LogP contribution in [-0.2, 0) is 9.47 Å². The quantitative estimate of drug-likeness (QED) is 0.758. The van der Waals surface area contributed by atoms with Crippen LogP contribution in [0.1, 0.15) is 70.8 Å². The number of nitrogens with zero attached hydrogens (tertiary/aromatic N) is 1. The van der Waals surface area contributed by atoms with Crippen LogP contribution in [0.5, 0.6) is 0 Å². The van der Waals surface area contributed by atoms with Gasteiger partial charge in [-0.15, -0.1) is 0 Å². The van der Waals surface area contributed by atoms with E-state index in [0.29, 0.717) is 19.0 Å². The molecular weight excluding hydrogens is 330 g/mol. The third-order valence-electron chi connectivity index (χ3n) is 5.45. The summed E-state index contributed by atoms with van der Waals surface area (Å²) in [5.41, 5.74) is 0.694. The summed E-state index contributed by atoms with van der Waals surface area (Å²) in [4.78, 5) is 14.3. The van der Waals surface area contributed by atoms with Gasteiger partial charge in [0.25, 0.3) is 0 Å². The van der Waals surface area contributed by atoms with Crippen molar-refractivity contribution in [1.29, 1.82) is 0 Å². The second kappa shape index (κ2) is 8.47. The maximum atomic E-state index is 12.5. The number of carbonyl (C=O) groups is 1. The molecule has 1 aromatic rings. The lowest BCUT2D eigenvalue weighted by Crippen LogP contribution is -2.48. The van der Waals surface area contributed by atoms with Crippen LogP contribution in [0.2, 0.25) is 0 Å². The first kappa shape index (κ1) is 19.3. The molecule has 146 valence electrons. The molecule has 0 aromatic carbocycles. The van der Waals surface area contributed by atoms with Crippen molar-refractivity contribution < 1.29 is 18.7 Å². The molecule has 5 nitrogen and oxygen atoms in total. The number of furan rings is 1. The molecule has 3 rings (SSSR count). The Balaban J connectivity index is 1.63. The van der Waals surface area contributed by atoms with E-state index in [2.05, 4.69) is 0 Å². The van der Waals surface area contributed by atoms with Crippen molar-refractivity contribution in [3.8, 4) is 0 Å². The van der Waals surface area contributed by atoms with E-state index < -0.39 is 5.60 Å². The Bertz CT molecular complexity index is 557. The largest absolute Gasteiger partial charge is 0.472 e. The van der Waals surface area contributed by atoms with Gasteiger partial charge in [-0.3, -0.25) is 0 Å². The van der Waals surface area contributed by atoms with E-state index in [9.17, 15) is 4.79 Å². The highest BCUT2D eigenvalue weighted by Crippen LogP contribution is 2.33. The van der Waals surface area contributed by atoms with Crippen molar-refractivity contribution in [2.24, 2.45) is 5.92 Å². The molecule has 2 heterocycles. The molecule has 0 N–H and O–H groups in total. The van der Waals surface area contributed by atoms with Crippen LogP contribution < -0.4 is 0 Å². The molecule has 1 amide bonds. The monoisotopic (exact) mass is 363 g/mol. The molecule has 1 saturated carbocycles. The summed E-state index contributed by atoms with van der Waals surface area (Å²) in [7, 11) is 0. The van der Waals surface area contributed by atoms with Crippen LogP contribution in [0.4, 0.5) is 4.79 Å². The first-order valence-corrected chi connectivity index (χ1v) is 10.0. The van der Waals surface area contributed by atoms with Gasteiger partial charge >= 0.3 is 6.09 Å². The van der Waals surface area contributed by atoms with Gasteiger partial charge in [-0.1, -0.05) is 19.3 Å². The number of hydrogen-bond donors (Lipinski definition) is 0. The summed E-state index contributed by atoms with van der Waals surface area (Å²) in [6.07, 6.45) is 10.7. The molecule has 2 aliphatic rings. The molecule has 0 radical (unpaired) electrons. The van der Waals surface area contributed by atoms with Crippen LogP contribution in [0, 0.1) is 5.92 Å². The van der Waals surface area contributed by atoms with Crippen LogP contribution in [0.25, 0.3) is 0 Å². The molecular formula is C21H33NO4. The van der Waals surface area contributed by atoms with Crippen LogP contribution in [-0.4, -0.2) is 42.4 Å². The van der Waals surface area contributed by atoms with E-state index in [1.54, 1.807) is 11.2 Å². The van der Waals surface area contributed by atoms with Gasteiger partial charge in [0, 0.05) is 19.1 Å². The van der Waals surface area contributed by atoms with E-state index in [-0.39, 0.29) is 18.1 Å². The summed E-state index contributed by atoms with van der Waals surface area (Å²) >= 11 is 0. The van der Waals surface area contributed by atoms with Gasteiger partial charge in [-0.25, -0.2) is 4.79 Å². The topological polar surface area (TPSA) is 51.9 Å². The number of piperidine rings is 1. The van der Waals surface area contributed by atoms with Gasteiger partial charge in [0.05, 0.1) is 25.2 Å². The molecule has 1 aromatic heterocycles. The molecule has 1 aliphatic heterocycles. The molecule has 26 heavy (non-hydrogen) atoms. The minimum Gasteiger partial charge on any atom is -0.472 e. The average Bonchev–Trinajstić information content (AvgIpc) is 3.13. The average molecular weight is 363 g/mol. The zero-order valence-electron chi connectivity index (χ0n) is 16.4. The lowest BCUT2D eigenvalue weighted by Gasteiger charge is -2.39. The van der Waals surface area contributed by atoms with E-state index in [1.165, 1.54) is 37.7 Å². The third-order valence-corrected chi connectivity index (χ3v) is 5.45. The Labute approximate surface area is 157 Å². The first-order valence-electron chi connectivity index (χ1n) is 10.0. The smallest absolute Gasteiger partial charge is 0.410 e. The molecule has 0 unspecified atom stereocenters. The third kappa shape index (κ3) is 5.26. The van der Waals surface area contributed by atoms with Crippen LogP contribution in [0.15, 0.2) is 23.0 Å². The Morgan fingerprint density at radius 2 is 2.00 bits per heavy atom. The maximum absolute atomic E-state index is 12.5. The highest BCUT2D eigenvalue weighted by molar-refractivity contribution is 5.68. The molecule has 0 bridgehead atoms. The van der Waals surface area contributed by atoms with Crippen molar-refractivity contribution in [3.05, 3.63) is 24.2 Å². The standard InChI is InChI=1S/C21H33NO4/c1-21(2,3)26-20(23)22-11-9-18(17-10-12-24-15-17)19(13-22)25-14-16-7-5-4-6-8-16/h10,12,15-16,18-19H,4-9,11,13-14H2,1-3H3/t18-,19+/m1/s1. The second-order valence-corrected chi connectivity index (χ2v) is 8.75. The summed E-state index contributed by atoms with van der Waals surface area (Å²) in [5.74, 6) is 0.932. The van der Waals surface area contributed by atoms with Gasteiger partial charge in [-0.05, 0) is 57.6 Å². The lowest BCUT2D eigenvalue weighted by atomic mass is 9.87. The van der Waals surface area contributed by atoms with Crippen molar-refractivity contribution in [3.63, 3.8) is 0 Å². The molecule has 5 heteroatoms. The predicted octanol–water partition coefficient (Wildman–Crippen LogP) is 4.97. The summed E-state index contributed by atoms with van der Waals surface area (Å²) < 4.78 is 17.2. The maximum Gasteiger partial charge on any atom is 0.410 e. The number of rotatable bonds is 4. The minimum atomic E-state index is -0.475. The van der Waals surface area contributed by atoms with Crippen molar-refractivity contribution >= 4 is 6.09 Å². The van der Waals surface area contributed by atoms with E-state index >= 15 is 0 Å². The second-order valence-electron chi connectivity index (χ2n) is 8.75. The minimum absolute atomic E-state index is 0.00389. The molecule has 0 spiro atoms. The van der Waals surface area contributed by atoms with Gasteiger partial charge < -0.3 is 18.8 Å². The number of hydrogen-bond acceptors (Lipinski definition) is 4. The van der Waals surface area contributed by atoms with Gasteiger partial charge in [0.1, 0.15) is 5.60 Å². The summed E-state index contributed by atoms with van der Waals surface area (Å²) in [6, 6.07) is 2.02. The highest BCUT2D eigenvalue weighted by atomic mass is 16.6. The predicted molar refractivity (Wildman–Crippen MR) is 100 cm³/mol. The number of amides is 1. The fourth-order valence-electron chi connectivity index (χ4n) is 4.06. The summed E-state index contributed by atoms with van der Waals surface area (Å²) in [5, 5.41) is 0. The first-order chi connectivity index (χ1) is 12.4. The highest BCUT2D eigenvalue weighted by Gasteiger charge is 2.35. The fourth-order valence-corrected chi connectivity index (χ4v) is 4.06. The van der Waals surface area contributed by atoms with Gasteiger partial charge in [0.2, 0.25) is 0 Å². The van der Waals surface area contributed by atoms with Gasteiger partial charge in [0.15, 0.2) is 0 Å². The zero-order chi connectivity index (χ0) is 18.6. The Morgan fingerprint density at radius 1 is 1.23 bits per heavy atom. The van der Waals surface area contributed by atoms with E-state index in [0.717, 1.165) is 13.0 Å². The number of likely N-dealkylation sites (tertiary alicyclic amines) is 1. The molecule has 1 aliphatic carbocycles. The fraction of sp³-hybridized carbons (Fsp3) is 0.762. The number of ether oxygens (including phenoxy) is 2. The molecule has 1 saturated heterocycles.